The molecule has 39 heteroatoms. The maximum absolute atomic E-state index is 13.2. The summed E-state index contributed by atoms with van der Waals surface area (Å²) in [4.78, 5) is 81.5. The molecule has 0 spiro atoms. The number of aliphatic hydroxyl groups is 3. The Labute approximate surface area is 805 Å². The van der Waals surface area contributed by atoms with E-state index in [-0.39, 0.29) is 74.6 Å². The van der Waals surface area contributed by atoms with Crippen molar-refractivity contribution in [2.75, 3.05) is 88.7 Å². The first-order valence-corrected chi connectivity index (χ1v) is 50.5. The molecule has 3 aliphatic heterocycles. The minimum atomic E-state index is -3.95. The highest BCUT2D eigenvalue weighted by atomic mass is 32.2. The van der Waals surface area contributed by atoms with E-state index in [0.717, 1.165) is 105 Å². The molecule has 2 atom stereocenters. The lowest BCUT2D eigenvalue weighted by molar-refractivity contribution is -0.139. The second kappa shape index (κ2) is 40.6. The van der Waals surface area contributed by atoms with E-state index in [2.05, 4.69) is 50.6 Å². The third-order valence-corrected chi connectivity index (χ3v) is 30.6. The first kappa shape index (κ1) is 98.1. The van der Waals surface area contributed by atoms with Crippen molar-refractivity contribution in [2.45, 2.75) is 120 Å². The maximum Gasteiger partial charge on any atom is 0.306 e. The zero-order chi connectivity index (χ0) is 98.4. The van der Waals surface area contributed by atoms with E-state index < -0.39 is 99.5 Å². The van der Waals surface area contributed by atoms with Crippen molar-refractivity contribution >= 4 is 93.0 Å². The van der Waals surface area contributed by atoms with E-state index in [1.165, 1.54) is 49.7 Å². The SMILES string of the molecule is CN(CC(O)CO)S(=O)(=O)c1ccc(-c2cccc(NC(=O)C3(c4ccc5c(c4)OCO5)CC3)n2)cc1.CS(=O)(=O)NCc1ccc(-c2cccc(NC(=O)C3(c4ccccc4)CC3)n2)cc1.Cc1cc(NC(=O)C2(c3ccc4c(c3)OCO4)CC2)ncc1-c1ccc(S(=O)(=O)N(C)C)cc1.O=C(O)CC(O)CNS(=O)(=O)c1ccc(-c2cccc(NC(=O)C3(c4ccc5c(c4)OCO5)CC3)n2)cc1.[HH].[HH]. The van der Waals surface area contributed by atoms with Gasteiger partial charge in [0.05, 0.1) is 84.9 Å². The Kier molecular flexibility index (Phi) is 28.7. The van der Waals surface area contributed by atoms with E-state index in [1.54, 1.807) is 97.2 Å². The summed E-state index contributed by atoms with van der Waals surface area (Å²) >= 11 is 0. The van der Waals surface area contributed by atoms with Gasteiger partial charge in [0.1, 0.15) is 23.3 Å². The van der Waals surface area contributed by atoms with Crippen LogP contribution in [0.25, 0.3) is 44.9 Å². The van der Waals surface area contributed by atoms with Gasteiger partial charge in [-0.15, -0.1) is 0 Å². The number of fused-ring (bicyclic) bond motifs is 3. The van der Waals surface area contributed by atoms with Crippen LogP contribution in [0.5, 0.6) is 34.5 Å². The number of benzene rings is 8. The fraction of sp³-hybridized carbons (Fsp3) is 0.270. The molecule has 0 saturated heterocycles. The number of likely N-dealkylation sites (N-methyl/N-ethyl adjacent to an activating group) is 1. The third-order valence-electron chi connectivity index (χ3n) is 24.8. The van der Waals surface area contributed by atoms with Crippen molar-refractivity contribution in [2.24, 2.45) is 0 Å². The standard InChI is InChI=1S/C26H25N3O8S.C26H27N3O7S.C25H25N3O5S.C23H23N3O3S.2H2/c30-18(13-24(31)32)14-27-38(34,35)19-7-4-16(5-8-19)20-2-1-3-23(28-20)29-25(33)26(10-11-26)17-6-9-21-22(12-17)37-15-36-21;1-29(14-19(31)15-30)37(33,34)20-8-5-17(6-9-20)21-3-2-4-24(27-21)28-25(32)26(11-12-26)18-7-10-22-23(13-18)36-16-35-22;1-16-12-23(26-14-20(16)17-4-7-19(8-5-17)34(30,31)28(2)3)27-24(29)25(10-11-25)18-6-9-21-22(13-18)33-15-32-21;1-30(28,29)24-16-17-10-12-18(13-11-17)20-8-5-9-21(25-20)26-22(27)23(14-15-23)19-6-3-2-4-7-19;;/h1-9,12,18,27,30H,10-11,13-15H2,(H,31,32)(H,28,29,33);2-10,13,19,30-31H,11-12,14-16H2,1H3,(H,27,28,32);4-9,12-14H,10-11,15H2,1-3H3,(H,26,27,29);2-13,24H,14-16H2,1H3,(H,25,26,27);2*1H. The summed E-state index contributed by atoms with van der Waals surface area (Å²) in [6.45, 7) is 1.52. The minimum absolute atomic E-state index is 0. The molecule has 4 amide bonds. The lowest BCUT2D eigenvalue weighted by Crippen LogP contribution is -2.35. The average molecular weight is 1970 g/mol. The summed E-state index contributed by atoms with van der Waals surface area (Å²) in [6.07, 6.45) is 5.80. The van der Waals surface area contributed by atoms with Gasteiger partial charge in [-0.3, -0.25) is 24.0 Å². The van der Waals surface area contributed by atoms with Gasteiger partial charge in [0, 0.05) is 72.1 Å². The fourth-order valence-corrected chi connectivity index (χ4v) is 19.7. The number of sulfonamides is 4. The van der Waals surface area contributed by atoms with Crippen molar-refractivity contribution in [1.82, 2.24) is 38.0 Å². The van der Waals surface area contributed by atoms with Gasteiger partial charge in [-0.05, 0) is 212 Å². The Balaban J connectivity index is 0.000000149. The molecule has 4 fully saturated rings. The molecule has 7 aliphatic rings. The number of rotatable bonds is 32. The summed E-state index contributed by atoms with van der Waals surface area (Å²) in [6, 6.07) is 70.6. The lowest BCUT2D eigenvalue weighted by atomic mass is 9.94. The van der Waals surface area contributed by atoms with Crippen LogP contribution in [-0.4, -0.2) is 192 Å². The Morgan fingerprint density at radius 1 is 0.417 bits per heavy atom. The van der Waals surface area contributed by atoms with Crippen LogP contribution < -0.4 is 59.1 Å². The maximum atomic E-state index is 13.2. The molecule has 35 nitrogen and oxygen atoms in total. The average Bonchev–Trinajstić information content (AvgIpc) is 1.61. The molecule has 139 heavy (non-hydrogen) atoms. The molecule has 4 aromatic heterocycles. The summed E-state index contributed by atoms with van der Waals surface area (Å²) in [5.41, 5.74) is 8.87. The van der Waals surface area contributed by atoms with Crippen LogP contribution in [0, 0.1) is 6.92 Å². The van der Waals surface area contributed by atoms with E-state index in [1.807, 2.05) is 134 Å². The third kappa shape index (κ3) is 22.6. The number of aromatic nitrogens is 4. The fourth-order valence-electron chi connectivity index (χ4n) is 16.1. The zero-order valence-electron chi connectivity index (χ0n) is 76.0. The Bertz CT molecular complexity index is 7150. The molecule has 4 aliphatic carbocycles. The second-order valence-electron chi connectivity index (χ2n) is 34.7. The molecule has 12 aromatic rings. The summed E-state index contributed by atoms with van der Waals surface area (Å²) in [7, 11) is -10.2. The quantitative estimate of drug-likeness (QED) is 0.0187. The predicted octanol–water partition coefficient (Wildman–Crippen LogP) is 12.0. The molecular weight excluding hydrogens is 1870 g/mol. The highest BCUT2D eigenvalue weighted by molar-refractivity contribution is 7.90. The van der Waals surface area contributed by atoms with Crippen LogP contribution >= 0.6 is 0 Å². The number of nitrogens with zero attached hydrogens (tertiary/aromatic N) is 6. The van der Waals surface area contributed by atoms with Crippen molar-refractivity contribution in [1.29, 1.82) is 0 Å². The lowest BCUT2D eigenvalue weighted by Gasteiger charge is -2.19. The summed E-state index contributed by atoms with van der Waals surface area (Å²) < 4.78 is 137. The number of hydrogen-bond acceptors (Lipinski definition) is 26. The topological polar surface area (TPSA) is 488 Å². The van der Waals surface area contributed by atoms with E-state index >= 15 is 0 Å². The highest BCUT2D eigenvalue weighted by Gasteiger charge is 2.55. The Morgan fingerprint density at radius 2 is 0.791 bits per heavy atom. The van der Waals surface area contributed by atoms with Crippen LogP contribution in [0.15, 0.2) is 264 Å². The van der Waals surface area contributed by atoms with Gasteiger partial charge in [-0.1, -0.05) is 127 Å². The van der Waals surface area contributed by atoms with Gasteiger partial charge in [0.25, 0.3) is 0 Å². The van der Waals surface area contributed by atoms with Gasteiger partial charge < -0.3 is 70.1 Å². The van der Waals surface area contributed by atoms with Crippen molar-refractivity contribution in [3.05, 3.63) is 282 Å². The molecule has 10 N–H and O–H groups in total. The van der Waals surface area contributed by atoms with Gasteiger partial charge in [0.2, 0.25) is 84.1 Å². The van der Waals surface area contributed by atoms with Crippen molar-refractivity contribution in [3.63, 3.8) is 0 Å². The first-order chi connectivity index (χ1) is 66.4. The first-order valence-electron chi connectivity index (χ1n) is 44.3. The van der Waals surface area contributed by atoms with Gasteiger partial charge in [-0.2, -0.15) is 4.31 Å². The molecule has 0 bridgehead atoms. The summed E-state index contributed by atoms with van der Waals surface area (Å²) in [5.74, 6) is 4.03. The van der Waals surface area contributed by atoms with Crippen molar-refractivity contribution < 1.29 is 109 Å². The Morgan fingerprint density at radius 3 is 1.17 bits per heavy atom. The molecule has 0 radical (unpaired) electrons. The highest BCUT2D eigenvalue weighted by Crippen LogP contribution is 2.55. The number of aryl methyl sites for hydroxylation is 1. The van der Waals surface area contributed by atoms with E-state index in [4.69, 9.17) is 38.6 Å². The van der Waals surface area contributed by atoms with Crippen molar-refractivity contribution in [3.8, 4) is 79.4 Å². The van der Waals surface area contributed by atoms with Crippen LogP contribution in [0.4, 0.5) is 23.3 Å². The summed E-state index contributed by atoms with van der Waals surface area (Å²) in [5, 5.41) is 48.6. The van der Waals surface area contributed by atoms with Crippen LogP contribution in [0.2, 0.25) is 0 Å². The van der Waals surface area contributed by atoms with Gasteiger partial charge in [0.15, 0.2) is 34.5 Å². The number of ether oxygens (including phenoxy) is 6. The van der Waals surface area contributed by atoms with Crippen LogP contribution in [0.1, 0.15) is 94.0 Å². The molecule has 2 unspecified atom stereocenters. The largest absolute Gasteiger partial charge is 0.481 e. The number of carbonyl (C=O) groups excluding carboxylic acids is 4. The molecule has 8 aromatic carbocycles. The molecule has 19 rings (SSSR count). The number of carboxylic acids is 1. The Hall–Kier alpha value is -14.0. The number of amides is 4. The minimum Gasteiger partial charge on any atom is -0.481 e. The normalized spacial score (nSPS) is 15.8. The van der Waals surface area contributed by atoms with Gasteiger partial charge in [-0.25, -0.2) is 67.4 Å². The number of carboxylic acid groups (broad SMARTS) is 1. The zero-order valence-corrected chi connectivity index (χ0v) is 79.3. The molecule has 726 valence electrons. The monoisotopic (exact) mass is 1970 g/mol. The number of anilines is 4. The molecular formula is C100H104N12O23S4. The van der Waals surface area contributed by atoms with E-state index in [9.17, 15) is 67.9 Å². The second-order valence-corrected chi connectivity index (χ2v) is 42.5. The smallest absolute Gasteiger partial charge is 0.306 e. The predicted molar refractivity (Wildman–Crippen MR) is 519 cm³/mol. The number of hydrogen-bond donors (Lipinski definition) is 10. The number of nitrogens with one attached hydrogen (secondary N) is 6. The van der Waals surface area contributed by atoms with E-state index in [0.29, 0.717) is 93.1 Å². The molecule has 4 saturated carbocycles. The number of aliphatic carboxylic acids is 1. The number of carbonyl (C=O) groups is 5. The van der Waals surface area contributed by atoms with Crippen LogP contribution in [-0.2, 0) is 92.3 Å². The van der Waals surface area contributed by atoms with Crippen LogP contribution in [0.3, 0.4) is 0 Å². The number of aliphatic hydroxyl groups excluding tert-OH is 3. The van der Waals surface area contributed by atoms with Gasteiger partial charge >= 0.3 is 5.97 Å². The molecule has 7 heterocycles. The number of pyridine rings is 4.